The maximum atomic E-state index is 12.7. The Bertz CT molecular complexity index is 273. The first kappa shape index (κ1) is 11.8. The molecule has 2 nitrogen and oxygen atoms in total. The second kappa shape index (κ2) is 4.47. The maximum absolute atomic E-state index is 12.7. The fourth-order valence-corrected chi connectivity index (χ4v) is 3.70. The fourth-order valence-electron chi connectivity index (χ4n) is 3.70. The lowest BCUT2D eigenvalue weighted by atomic mass is 9.90. The number of halogens is 2. The minimum atomic E-state index is -2.19. The van der Waals surface area contributed by atoms with E-state index >= 15 is 0 Å². The smallest absolute Gasteiger partial charge is 0.251 e. The minimum Gasteiger partial charge on any atom is -0.311 e. The topological polar surface area (TPSA) is 15.3 Å². The van der Waals surface area contributed by atoms with Gasteiger partial charge in [0.25, 0.3) is 6.43 Å². The van der Waals surface area contributed by atoms with E-state index in [1.165, 1.54) is 25.7 Å². The van der Waals surface area contributed by atoms with Crippen molar-refractivity contribution < 1.29 is 8.78 Å². The molecule has 17 heavy (non-hydrogen) atoms. The average molecular weight is 244 g/mol. The van der Waals surface area contributed by atoms with Gasteiger partial charge in [-0.2, -0.15) is 0 Å². The van der Waals surface area contributed by atoms with E-state index in [0.717, 1.165) is 31.8 Å². The summed E-state index contributed by atoms with van der Waals surface area (Å²) >= 11 is 0. The van der Waals surface area contributed by atoms with Crippen molar-refractivity contribution in [3.63, 3.8) is 0 Å². The number of nitrogens with zero attached hydrogens (tertiary/aromatic N) is 1. The van der Waals surface area contributed by atoms with Crippen LogP contribution in [0.15, 0.2) is 0 Å². The highest BCUT2D eigenvalue weighted by molar-refractivity contribution is 5.04. The van der Waals surface area contributed by atoms with E-state index in [4.69, 9.17) is 0 Å². The monoisotopic (exact) mass is 244 g/mol. The van der Waals surface area contributed by atoms with Crippen molar-refractivity contribution in [3.8, 4) is 0 Å². The normalized spacial score (nSPS) is 33.7. The van der Waals surface area contributed by atoms with Crippen LogP contribution in [-0.4, -0.2) is 42.5 Å². The molecule has 3 fully saturated rings. The van der Waals surface area contributed by atoms with E-state index in [1.54, 1.807) is 0 Å². The van der Waals surface area contributed by atoms with Crippen LogP contribution in [0.25, 0.3) is 0 Å². The summed E-state index contributed by atoms with van der Waals surface area (Å²) < 4.78 is 25.5. The quantitative estimate of drug-likeness (QED) is 0.819. The lowest BCUT2D eigenvalue weighted by Gasteiger charge is -2.48. The van der Waals surface area contributed by atoms with Crippen molar-refractivity contribution in [1.82, 2.24) is 10.2 Å². The third-order valence-corrected chi connectivity index (χ3v) is 4.86. The van der Waals surface area contributed by atoms with Crippen LogP contribution in [0.1, 0.15) is 38.5 Å². The van der Waals surface area contributed by atoms with Crippen molar-refractivity contribution in [2.45, 2.75) is 56.5 Å². The predicted octanol–water partition coefficient (Wildman–Crippen LogP) is 2.25. The van der Waals surface area contributed by atoms with Crippen molar-refractivity contribution in [2.24, 2.45) is 5.92 Å². The van der Waals surface area contributed by atoms with Crippen LogP contribution in [0.2, 0.25) is 0 Å². The van der Waals surface area contributed by atoms with Gasteiger partial charge in [-0.05, 0) is 31.6 Å². The lowest BCUT2D eigenvalue weighted by molar-refractivity contribution is -0.0101. The molecule has 0 aromatic heterocycles. The first-order valence-corrected chi connectivity index (χ1v) is 6.96. The molecule has 1 N–H and O–H groups in total. The molecule has 0 aromatic rings. The van der Waals surface area contributed by atoms with Crippen molar-refractivity contribution in [2.75, 3.05) is 19.6 Å². The van der Waals surface area contributed by atoms with Crippen molar-refractivity contribution in [3.05, 3.63) is 0 Å². The number of hydrogen-bond acceptors (Lipinski definition) is 2. The highest BCUT2D eigenvalue weighted by atomic mass is 19.3. The summed E-state index contributed by atoms with van der Waals surface area (Å²) in [6, 6.07) is 0.472. The highest BCUT2D eigenvalue weighted by Gasteiger charge is 2.46. The van der Waals surface area contributed by atoms with Crippen LogP contribution in [0, 0.1) is 5.92 Å². The van der Waals surface area contributed by atoms with Gasteiger partial charge in [-0.25, -0.2) is 8.78 Å². The summed E-state index contributed by atoms with van der Waals surface area (Å²) in [7, 11) is 0. The summed E-state index contributed by atoms with van der Waals surface area (Å²) in [4.78, 5) is 2.12. The van der Waals surface area contributed by atoms with Crippen molar-refractivity contribution in [1.29, 1.82) is 0 Å². The summed E-state index contributed by atoms with van der Waals surface area (Å²) in [5.41, 5.74) is 0.0574. The molecule has 98 valence electrons. The van der Waals surface area contributed by atoms with Gasteiger partial charge in [0.2, 0.25) is 0 Å². The zero-order chi connectivity index (χ0) is 11.9. The molecule has 3 rings (SSSR count). The Hall–Kier alpha value is -0.220. The standard InChI is InChI=1S/C13H22F2N2/c14-12(15)8-17-7-11(10-3-4-10)16-9-13(17)5-1-2-6-13/h10-12,16H,1-9H2. The molecule has 1 spiro atoms. The zero-order valence-electron chi connectivity index (χ0n) is 10.3. The van der Waals surface area contributed by atoms with Gasteiger partial charge in [0.1, 0.15) is 0 Å². The number of hydrogen-bond donors (Lipinski definition) is 1. The molecule has 1 aliphatic heterocycles. The van der Waals surface area contributed by atoms with Gasteiger partial charge >= 0.3 is 0 Å². The minimum absolute atomic E-state index is 0.0229. The third-order valence-electron chi connectivity index (χ3n) is 4.86. The molecule has 1 saturated heterocycles. The van der Waals surface area contributed by atoms with Crippen LogP contribution in [0.5, 0.6) is 0 Å². The maximum Gasteiger partial charge on any atom is 0.251 e. The van der Waals surface area contributed by atoms with Gasteiger partial charge in [-0.3, -0.25) is 4.90 Å². The first-order chi connectivity index (χ1) is 8.20. The Morgan fingerprint density at radius 1 is 1.24 bits per heavy atom. The van der Waals surface area contributed by atoms with Crippen LogP contribution < -0.4 is 5.32 Å². The van der Waals surface area contributed by atoms with Gasteiger partial charge < -0.3 is 5.32 Å². The summed E-state index contributed by atoms with van der Waals surface area (Å²) in [6.07, 6.45) is 4.99. The predicted molar refractivity (Wildman–Crippen MR) is 63.3 cm³/mol. The molecule has 1 atom stereocenters. The molecular formula is C13H22F2N2. The third kappa shape index (κ3) is 2.34. The Balaban J connectivity index is 1.70. The van der Waals surface area contributed by atoms with Crippen LogP contribution in [0.4, 0.5) is 8.78 Å². The number of alkyl halides is 2. The summed E-state index contributed by atoms with van der Waals surface area (Å²) in [5.74, 6) is 0.758. The molecule has 0 amide bonds. The molecule has 2 saturated carbocycles. The van der Waals surface area contributed by atoms with Crippen molar-refractivity contribution >= 4 is 0 Å². The zero-order valence-corrected chi connectivity index (χ0v) is 10.3. The molecule has 2 aliphatic carbocycles. The highest BCUT2D eigenvalue weighted by Crippen LogP contribution is 2.41. The van der Waals surface area contributed by atoms with Gasteiger partial charge in [0.05, 0.1) is 6.54 Å². The van der Waals surface area contributed by atoms with Gasteiger partial charge in [-0.15, -0.1) is 0 Å². The molecule has 0 aromatic carbocycles. The molecule has 1 heterocycles. The number of piperazine rings is 1. The van der Waals surface area contributed by atoms with Crippen LogP contribution in [0.3, 0.4) is 0 Å². The van der Waals surface area contributed by atoms with E-state index < -0.39 is 6.43 Å². The van der Waals surface area contributed by atoms with Crippen LogP contribution in [-0.2, 0) is 0 Å². The molecule has 3 aliphatic rings. The van der Waals surface area contributed by atoms with Gasteiger partial charge in [0, 0.05) is 24.7 Å². The lowest BCUT2D eigenvalue weighted by Crippen LogP contribution is -2.64. The van der Waals surface area contributed by atoms with E-state index in [9.17, 15) is 8.78 Å². The second-order valence-electron chi connectivity index (χ2n) is 6.05. The Morgan fingerprint density at radius 2 is 1.94 bits per heavy atom. The number of nitrogens with one attached hydrogen (secondary N) is 1. The average Bonchev–Trinajstić information content (AvgIpc) is 3.02. The molecule has 0 bridgehead atoms. The first-order valence-electron chi connectivity index (χ1n) is 6.96. The Morgan fingerprint density at radius 3 is 2.53 bits per heavy atom. The number of rotatable bonds is 3. The van der Waals surface area contributed by atoms with Gasteiger partial charge in [0.15, 0.2) is 0 Å². The summed E-state index contributed by atoms with van der Waals surface area (Å²) in [6.45, 7) is 1.75. The van der Waals surface area contributed by atoms with E-state index in [2.05, 4.69) is 10.2 Å². The Kier molecular flexibility index (Phi) is 3.11. The van der Waals surface area contributed by atoms with E-state index in [0.29, 0.717) is 6.04 Å². The Labute approximate surface area is 102 Å². The van der Waals surface area contributed by atoms with E-state index in [-0.39, 0.29) is 12.1 Å². The molecule has 0 radical (unpaired) electrons. The molecule has 1 unspecified atom stereocenters. The van der Waals surface area contributed by atoms with Gasteiger partial charge in [-0.1, -0.05) is 12.8 Å². The van der Waals surface area contributed by atoms with Crippen LogP contribution >= 0.6 is 0 Å². The summed E-state index contributed by atoms with van der Waals surface area (Å²) in [5, 5.41) is 3.63. The SMILES string of the molecule is FC(F)CN1CC(C2CC2)NCC12CCCC2. The fraction of sp³-hybridized carbons (Fsp3) is 1.00. The van der Waals surface area contributed by atoms with E-state index in [1.807, 2.05) is 0 Å². The second-order valence-corrected chi connectivity index (χ2v) is 6.05. The molecular weight excluding hydrogens is 222 g/mol. The molecule has 4 heteroatoms. The largest absolute Gasteiger partial charge is 0.311 e.